The fourth-order valence-electron chi connectivity index (χ4n) is 5.29. The molecule has 0 N–H and O–H groups in total. The van der Waals surface area contributed by atoms with Gasteiger partial charge in [-0.2, -0.15) is 0 Å². The highest BCUT2D eigenvalue weighted by molar-refractivity contribution is 5.77. The van der Waals surface area contributed by atoms with Gasteiger partial charge in [-0.3, -0.25) is 14.9 Å². The van der Waals surface area contributed by atoms with E-state index in [1.54, 1.807) is 0 Å². The van der Waals surface area contributed by atoms with E-state index in [1.807, 2.05) is 12.4 Å². The highest BCUT2D eigenvalue weighted by Crippen LogP contribution is 2.39. The van der Waals surface area contributed by atoms with E-state index in [-0.39, 0.29) is 0 Å². The van der Waals surface area contributed by atoms with Crippen molar-refractivity contribution >= 4 is 0 Å². The summed E-state index contributed by atoms with van der Waals surface area (Å²) in [6.45, 7) is 4.32. The van der Waals surface area contributed by atoms with Crippen LogP contribution in [0.3, 0.4) is 0 Å². The highest BCUT2D eigenvalue weighted by atomic mass is 15.2. The quantitative estimate of drug-likeness (QED) is 0.352. The number of unbranched alkanes of at least 4 members (excludes halogenated alkanes) is 2. The summed E-state index contributed by atoms with van der Waals surface area (Å²) in [4.78, 5) is 12.4. The molecule has 0 bridgehead atoms. The Bertz CT molecular complexity index is 1030. The van der Waals surface area contributed by atoms with E-state index in [0.717, 1.165) is 25.9 Å². The zero-order valence-electron chi connectivity index (χ0n) is 18.0. The highest BCUT2D eigenvalue weighted by Gasteiger charge is 2.29. The Morgan fingerprint density at radius 2 is 1.83 bits per heavy atom. The van der Waals surface area contributed by atoms with Crippen LogP contribution >= 0.6 is 0 Å². The Hall–Kier alpha value is -2.52. The third-order valence-corrected chi connectivity index (χ3v) is 6.83. The van der Waals surface area contributed by atoms with E-state index in [9.17, 15) is 0 Å². The van der Waals surface area contributed by atoms with Gasteiger partial charge in [0.05, 0.1) is 17.4 Å². The minimum Gasteiger partial charge on any atom is -0.289 e. The van der Waals surface area contributed by atoms with E-state index in [1.165, 1.54) is 71.3 Å². The topological polar surface area (TPSA) is 29.0 Å². The fraction of sp³-hybridized carbons (Fsp3) is 0.407. The van der Waals surface area contributed by atoms with Crippen molar-refractivity contribution in [1.29, 1.82) is 0 Å². The van der Waals surface area contributed by atoms with Crippen molar-refractivity contribution in [3.8, 4) is 11.1 Å². The van der Waals surface area contributed by atoms with Crippen LogP contribution in [0.4, 0.5) is 0 Å². The maximum atomic E-state index is 4.89. The van der Waals surface area contributed by atoms with Crippen LogP contribution in [0.1, 0.15) is 73.1 Å². The number of aromatic nitrogens is 2. The Balaban J connectivity index is 1.46. The van der Waals surface area contributed by atoms with Gasteiger partial charge in [-0.15, -0.1) is 0 Å². The van der Waals surface area contributed by atoms with E-state index in [4.69, 9.17) is 9.97 Å². The minimum atomic E-state index is 0.410. The summed E-state index contributed by atoms with van der Waals surface area (Å²) >= 11 is 0. The second-order valence-corrected chi connectivity index (χ2v) is 8.75. The molecule has 1 aromatic carbocycles. The second kappa shape index (κ2) is 8.69. The zero-order valence-corrected chi connectivity index (χ0v) is 18.0. The number of hydrogen-bond acceptors (Lipinski definition) is 3. The first kappa shape index (κ1) is 19.4. The number of nitrogens with zero attached hydrogens (tertiary/aromatic N) is 3. The van der Waals surface area contributed by atoms with Gasteiger partial charge in [0.1, 0.15) is 0 Å². The number of hydrogen-bond donors (Lipinski definition) is 0. The lowest BCUT2D eigenvalue weighted by molar-refractivity contribution is 0.160. The molecule has 2 aliphatic carbocycles. The van der Waals surface area contributed by atoms with Crippen LogP contribution in [0, 0.1) is 0 Å². The van der Waals surface area contributed by atoms with Crippen LogP contribution in [0.5, 0.6) is 0 Å². The van der Waals surface area contributed by atoms with Gasteiger partial charge in [-0.25, -0.2) is 0 Å². The number of pyridine rings is 2. The van der Waals surface area contributed by atoms with Gasteiger partial charge >= 0.3 is 0 Å². The van der Waals surface area contributed by atoms with Crippen molar-refractivity contribution in [3.05, 3.63) is 82.9 Å². The molecule has 0 aliphatic heterocycles. The zero-order chi connectivity index (χ0) is 20.3. The minimum absolute atomic E-state index is 0.410. The van der Waals surface area contributed by atoms with Crippen LogP contribution in [0.25, 0.3) is 11.1 Å². The predicted octanol–water partition coefficient (Wildman–Crippen LogP) is 6.12. The Morgan fingerprint density at radius 1 is 0.933 bits per heavy atom. The lowest BCUT2D eigenvalue weighted by Gasteiger charge is -2.35. The maximum Gasteiger partial charge on any atom is 0.0607 e. The Morgan fingerprint density at radius 3 is 2.77 bits per heavy atom. The molecule has 0 unspecified atom stereocenters. The summed E-state index contributed by atoms with van der Waals surface area (Å²) in [5, 5.41) is 0. The van der Waals surface area contributed by atoms with Crippen molar-refractivity contribution in [1.82, 2.24) is 14.9 Å². The first-order valence-electron chi connectivity index (χ1n) is 11.6. The molecule has 154 valence electrons. The summed E-state index contributed by atoms with van der Waals surface area (Å²) in [6, 6.07) is 15.8. The third kappa shape index (κ3) is 3.67. The molecule has 2 heterocycles. The molecular weight excluding hydrogens is 366 g/mol. The number of rotatable bonds is 7. The number of benzene rings is 1. The molecule has 3 nitrogen and oxygen atoms in total. The molecule has 0 fully saturated rings. The monoisotopic (exact) mass is 397 g/mol. The largest absolute Gasteiger partial charge is 0.289 e. The lowest BCUT2D eigenvalue weighted by Crippen LogP contribution is -2.33. The van der Waals surface area contributed by atoms with Gasteiger partial charge in [-0.1, -0.05) is 50.1 Å². The van der Waals surface area contributed by atoms with E-state index in [2.05, 4.69) is 54.3 Å². The van der Waals surface area contributed by atoms with Gasteiger partial charge in [-0.05, 0) is 72.2 Å². The molecule has 3 heteroatoms. The second-order valence-electron chi connectivity index (χ2n) is 8.75. The van der Waals surface area contributed by atoms with Crippen LogP contribution in [0.2, 0.25) is 0 Å². The normalized spacial score (nSPS) is 16.9. The number of fused-ring (bicyclic) bond motifs is 4. The Labute approximate surface area is 180 Å². The molecule has 0 saturated heterocycles. The van der Waals surface area contributed by atoms with Gasteiger partial charge in [0, 0.05) is 25.4 Å². The number of aryl methyl sites for hydroxylation is 1. The van der Waals surface area contributed by atoms with Crippen molar-refractivity contribution < 1.29 is 0 Å². The van der Waals surface area contributed by atoms with Crippen LogP contribution in [0.15, 0.2) is 54.9 Å². The third-order valence-electron chi connectivity index (χ3n) is 6.83. The average Bonchev–Trinajstić information content (AvgIpc) is 3.18. The van der Waals surface area contributed by atoms with Crippen LogP contribution in [-0.4, -0.2) is 21.4 Å². The fourth-order valence-corrected chi connectivity index (χ4v) is 5.29. The van der Waals surface area contributed by atoms with E-state index >= 15 is 0 Å². The van der Waals surface area contributed by atoms with E-state index in [0.29, 0.717) is 6.04 Å². The smallest absolute Gasteiger partial charge is 0.0607 e. The van der Waals surface area contributed by atoms with Crippen LogP contribution in [-0.2, 0) is 19.4 Å². The van der Waals surface area contributed by atoms with Crippen molar-refractivity contribution in [2.75, 3.05) is 6.54 Å². The standard InChI is InChI=1S/C27H31N3/c1-2-3-6-17-30(26-13-7-10-20-11-8-15-29-27(20)26)19-25-24-18-21-9-4-5-12-22(21)23(24)14-16-28-25/h4-5,8-9,11-12,14-16,26H,2-3,6-7,10,13,17-19H2,1H3/t26-/m1/s1. The Kier molecular flexibility index (Phi) is 5.63. The van der Waals surface area contributed by atoms with Crippen molar-refractivity contribution in [2.24, 2.45) is 0 Å². The first-order chi connectivity index (χ1) is 14.8. The molecule has 0 saturated carbocycles. The van der Waals surface area contributed by atoms with Gasteiger partial charge in [0.15, 0.2) is 0 Å². The first-order valence-corrected chi connectivity index (χ1v) is 11.6. The summed E-state index contributed by atoms with van der Waals surface area (Å²) in [5.41, 5.74) is 9.62. The average molecular weight is 398 g/mol. The molecule has 2 aromatic heterocycles. The van der Waals surface area contributed by atoms with Gasteiger partial charge in [0.2, 0.25) is 0 Å². The molecule has 2 aliphatic rings. The van der Waals surface area contributed by atoms with Crippen molar-refractivity contribution in [2.45, 2.75) is 64.5 Å². The van der Waals surface area contributed by atoms with Crippen molar-refractivity contribution in [3.63, 3.8) is 0 Å². The molecule has 30 heavy (non-hydrogen) atoms. The SMILES string of the molecule is CCCCCN(Cc1nccc2c1Cc1ccccc1-2)[C@@H]1CCCc2cccnc21. The van der Waals surface area contributed by atoms with Gasteiger partial charge in [0.25, 0.3) is 0 Å². The summed E-state index contributed by atoms with van der Waals surface area (Å²) in [5.74, 6) is 0. The molecule has 0 amide bonds. The van der Waals surface area contributed by atoms with E-state index < -0.39 is 0 Å². The molecule has 3 aromatic rings. The lowest BCUT2D eigenvalue weighted by atomic mass is 9.90. The summed E-state index contributed by atoms with van der Waals surface area (Å²) < 4.78 is 0. The predicted molar refractivity (Wildman–Crippen MR) is 122 cm³/mol. The molecule has 0 spiro atoms. The molecule has 0 radical (unpaired) electrons. The van der Waals surface area contributed by atoms with Crippen LogP contribution < -0.4 is 0 Å². The summed E-state index contributed by atoms with van der Waals surface area (Å²) in [6.07, 6.45) is 12.4. The van der Waals surface area contributed by atoms with Gasteiger partial charge < -0.3 is 0 Å². The summed E-state index contributed by atoms with van der Waals surface area (Å²) in [7, 11) is 0. The maximum absolute atomic E-state index is 4.89. The molecule has 1 atom stereocenters. The molecular formula is C27H31N3. The molecule has 5 rings (SSSR count).